The molecule has 0 aliphatic carbocycles. The highest BCUT2D eigenvalue weighted by molar-refractivity contribution is 7.98. The number of carbonyl (C=O) groups is 2. The van der Waals surface area contributed by atoms with Gasteiger partial charge in [-0.2, -0.15) is 0 Å². The highest BCUT2D eigenvalue weighted by Gasteiger charge is 2.17. The molecule has 2 amide bonds. The first-order valence-corrected chi connectivity index (χ1v) is 8.69. The number of nitrogens with two attached hydrogens (primary N) is 1. The number of thioether (sulfide) groups is 1. The molecule has 25 heavy (non-hydrogen) atoms. The molecular formula is C18H17N3O3S. The minimum absolute atomic E-state index is 0.333. The third-order valence-corrected chi connectivity index (χ3v) is 4.54. The summed E-state index contributed by atoms with van der Waals surface area (Å²) in [7, 11) is 0. The van der Waals surface area contributed by atoms with Crippen molar-refractivity contribution in [2.45, 2.75) is 23.9 Å². The summed E-state index contributed by atoms with van der Waals surface area (Å²) >= 11 is 1.41. The Bertz CT molecular complexity index is 890. The van der Waals surface area contributed by atoms with Crippen LogP contribution >= 0.6 is 11.8 Å². The standard InChI is InChI=1S/C18H17N3O3S/c1-11(16(19)22)20-17(23)13-7-3-2-6-12(13)10-25-18-21-14-8-4-5-9-15(14)24-18/h2-9,11H,10H2,1H3,(H2,19,22)(H,20,23). The summed E-state index contributed by atoms with van der Waals surface area (Å²) in [5.41, 5.74) is 8.04. The maximum atomic E-state index is 12.4. The van der Waals surface area contributed by atoms with Crippen LogP contribution in [0.25, 0.3) is 11.1 Å². The quantitative estimate of drug-likeness (QED) is 0.663. The summed E-state index contributed by atoms with van der Waals surface area (Å²) in [5, 5.41) is 3.14. The molecular weight excluding hydrogens is 338 g/mol. The average Bonchev–Trinajstić information content (AvgIpc) is 3.03. The van der Waals surface area contributed by atoms with Gasteiger partial charge in [-0.3, -0.25) is 9.59 Å². The molecule has 1 unspecified atom stereocenters. The fraction of sp³-hybridized carbons (Fsp3) is 0.167. The van der Waals surface area contributed by atoms with Crippen molar-refractivity contribution < 1.29 is 14.0 Å². The van der Waals surface area contributed by atoms with Crippen LogP contribution in [0, 0.1) is 0 Å². The van der Waals surface area contributed by atoms with Crippen molar-refractivity contribution in [3.8, 4) is 0 Å². The van der Waals surface area contributed by atoms with Crippen LogP contribution in [0.5, 0.6) is 0 Å². The average molecular weight is 355 g/mol. The molecule has 0 aliphatic heterocycles. The van der Waals surface area contributed by atoms with Crippen molar-refractivity contribution >= 4 is 34.7 Å². The smallest absolute Gasteiger partial charge is 0.257 e. The predicted molar refractivity (Wildman–Crippen MR) is 96.1 cm³/mol. The van der Waals surface area contributed by atoms with E-state index in [1.165, 1.54) is 11.8 Å². The number of primary amides is 1. The van der Waals surface area contributed by atoms with E-state index < -0.39 is 11.9 Å². The number of aromatic nitrogens is 1. The first kappa shape index (κ1) is 17.0. The maximum Gasteiger partial charge on any atom is 0.257 e. The van der Waals surface area contributed by atoms with Gasteiger partial charge < -0.3 is 15.5 Å². The van der Waals surface area contributed by atoms with Crippen LogP contribution in [-0.4, -0.2) is 22.8 Å². The third kappa shape index (κ3) is 4.00. The highest BCUT2D eigenvalue weighted by Crippen LogP contribution is 2.27. The summed E-state index contributed by atoms with van der Waals surface area (Å²) in [6.45, 7) is 1.55. The Kier molecular flexibility index (Phi) is 5.04. The molecule has 0 bridgehead atoms. The minimum Gasteiger partial charge on any atom is -0.431 e. The lowest BCUT2D eigenvalue weighted by molar-refractivity contribution is -0.119. The van der Waals surface area contributed by atoms with Crippen LogP contribution in [0.1, 0.15) is 22.8 Å². The molecule has 3 aromatic rings. The number of amides is 2. The lowest BCUT2D eigenvalue weighted by atomic mass is 10.1. The molecule has 0 aliphatic rings. The first-order valence-electron chi connectivity index (χ1n) is 7.71. The number of hydrogen-bond donors (Lipinski definition) is 2. The van der Waals surface area contributed by atoms with Gasteiger partial charge in [0.1, 0.15) is 11.6 Å². The molecule has 1 aromatic heterocycles. The number of nitrogens with zero attached hydrogens (tertiary/aromatic N) is 1. The van der Waals surface area contributed by atoms with Gasteiger partial charge >= 0.3 is 0 Å². The topological polar surface area (TPSA) is 98.2 Å². The molecule has 0 saturated heterocycles. The van der Waals surface area contributed by atoms with Crippen LogP contribution in [-0.2, 0) is 10.5 Å². The number of rotatable bonds is 6. The Balaban J connectivity index is 1.74. The summed E-state index contributed by atoms with van der Waals surface area (Å²) < 4.78 is 5.68. The van der Waals surface area contributed by atoms with E-state index in [9.17, 15) is 9.59 Å². The molecule has 7 heteroatoms. The zero-order valence-electron chi connectivity index (χ0n) is 13.6. The molecule has 2 aromatic carbocycles. The van der Waals surface area contributed by atoms with E-state index in [1.807, 2.05) is 36.4 Å². The minimum atomic E-state index is -0.731. The number of benzene rings is 2. The molecule has 3 rings (SSSR count). The van der Waals surface area contributed by atoms with Gasteiger partial charge in [-0.25, -0.2) is 4.98 Å². The van der Waals surface area contributed by atoms with Gasteiger partial charge in [0, 0.05) is 11.3 Å². The summed E-state index contributed by atoms with van der Waals surface area (Å²) in [5.74, 6) is -0.395. The van der Waals surface area contributed by atoms with Crippen molar-refractivity contribution in [2.75, 3.05) is 0 Å². The molecule has 3 N–H and O–H groups in total. The maximum absolute atomic E-state index is 12.4. The molecule has 128 valence electrons. The molecule has 1 heterocycles. The predicted octanol–water partition coefficient (Wildman–Crippen LogP) is 2.72. The van der Waals surface area contributed by atoms with Gasteiger partial charge in [0.25, 0.3) is 11.1 Å². The second kappa shape index (κ2) is 7.40. The Labute approximate surface area is 148 Å². The van der Waals surface area contributed by atoms with Crippen molar-refractivity contribution in [1.29, 1.82) is 0 Å². The summed E-state index contributed by atoms with van der Waals surface area (Å²) in [6.07, 6.45) is 0. The van der Waals surface area contributed by atoms with Crippen molar-refractivity contribution in [2.24, 2.45) is 5.73 Å². The van der Waals surface area contributed by atoms with Crippen LogP contribution < -0.4 is 11.1 Å². The van der Waals surface area contributed by atoms with Gasteiger partial charge in [0.15, 0.2) is 5.58 Å². The largest absolute Gasteiger partial charge is 0.431 e. The van der Waals surface area contributed by atoms with E-state index in [4.69, 9.17) is 10.2 Å². The van der Waals surface area contributed by atoms with Crippen molar-refractivity contribution in [3.63, 3.8) is 0 Å². The lowest BCUT2D eigenvalue weighted by Gasteiger charge is -2.12. The van der Waals surface area contributed by atoms with Crippen molar-refractivity contribution in [3.05, 3.63) is 59.7 Å². The Hall–Kier alpha value is -2.80. The Morgan fingerprint density at radius 1 is 1.20 bits per heavy atom. The zero-order valence-corrected chi connectivity index (χ0v) is 14.4. The molecule has 1 atom stereocenters. The van der Waals surface area contributed by atoms with Crippen LogP contribution in [0.4, 0.5) is 0 Å². The second-order valence-electron chi connectivity index (χ2n) is 5.49. The van der Waals surface area contributed by atoms with Gasteiger partial charge in [0.05, 0.1) is 0 Å². The molecule has 0 spiro atoms. The van der Waals surface area contributed by atoms with Gasteiger partial charge in [-0.15, -0.1) is 0 Å². The van der Waals surface area contributed by atoms with Gasteiger partial charge in [-0.05, 0) is 30.7 Å². The van der Waals surface area contributed by atoms with Crippen LogP contribution in [0.2, 0.25) is 0 Å². The number of carbonyl (C=O) groups excluding carboxylic acids is 2. The van der Waals surface area contributed by atoms with E-state index in [0.29, 0.717) is 16.5 Å². The molecule has 0 radical (unpaired) electrons. The van der Waals surface area contributed by atoms with Gasteiger partial charge in [-0.1, -0.05) is 42.1 Å². The van der Waals surface area contributed by atoms with E-state index in [1.54, 1.807) is 19.1 Å². The van der Waals surface area contributed by atoms with Crippen LogP contribution in [0.3, 0.4) is 0 Å². The fourth-order valence-electron chi connectivity index (χ4n) is 2.27. The van der Waals surface area contributed by atoms with Gasteiger partial charge in [0.2, 0.25) is 5.91 Å². The van der Waals surface area contributed by atoms with E-state index in [0.717, 1.165) is 16.7 Å². The second-order valence-corrected chi connectivity index (χ2v) is 6.42. The Morgan fingerprint density at radius 2 is 1.92 bits per heavy atom. The summed E-state index contributed by atoms with van der Waals surface area (Å²) in [4.78, 5) is 27.9. The highest BCUT2D eigenvalue weighted by atomic mass is 32.2. The number of hydrogen-bond acceptors (Lipinski definition) is 5. The SMILES string of the molecule is CC(NC(=O)c1ccccc1CSc1nc2ccccc2o1)C(N)=O. The molecule has 6 nitrogen and oxygen atoms in total. The normalized spacial score (nSPS) is 12.0. The number of para-hydroxylation sites is 2. The molecule has 0 saturated carbocycles. The zero-order chi connectivity index (χ0) is 17.8. The number of nitrogens with one attached hydrogen (secondary N) is 1. The summed E-state index contributed by atoms with van der Waals surface area (Å²) in [6, 6.07) is 14.0. The monoisotopic (exact) mass is 355 g/mol. The Morgan fingerprint density at radius 3 is 2.68 bits per heavy atom. The van der Waals surface area contributed by atoms with Crippen LogP contribution in [0.15, 0.2) is 58.2 Å². The molecule has 0 fully saturated rings. The first-order chi connectivity index (χ1) is 12.0. The van der Waals surface area contributed by atoms with Crippen molar-refractivity contribution in [1.82, 2.24) is 10.3 Å². The number of oxazole rings is 1. The van der Waals surface area contributed by atoms with E-state index in [2.05, 4.69) is 10.3 Å². The van der Waals surface area contributed by atoms with E-state index in [-0.39, 0.29) is 5.91 Å². The lowest BCUT2D eigenvalue weighted by Crippen LogP contribution is -2.42. The third-order valence-electron chi connectivity index (χ3n) is 3.66. The number of fused-ring (bicyclic) bond motifs is 1. The van der Waals surface area contributed by atoms with E-state index >= 15 is 0 Å². The fourth-order valence-corrected chi connectivity index (χ4v) is 3.11.